The number of halogens is 3. The number of aromatic nitrogens is 2. The average Bonchev–Trinajstić information content (AvgIpc) is 2.96. The first-order valence-electron chi connectivity index (χ1n) is 13.1. The van der Waals surface area contributed by atoms with E-state index in [9.17, 15) is 18.0 Å². The predicted octanol–water partition coefficient (Wildman–Crippen LogP) is 7.23. The molecule has 41 heavy (non-hydrogen) atoms. The number of benzene rings is 3. The van der Waals surface area contributed by atoms with Crippen molar-refractivity contribution in [2.24, 2.45) is 0 Å². The molecule has 0 atom stereocenters. The highest BCUT2D eigenvalue weighted by atomic mass is 32.2. The lowest BCUT2D eigenvalue weighted by Gasteiger charge is -2.24. The van der Waals surface area contributed by atoms with Crippen molar-refractivity contribution >= 4 is 41.0 Å². The van der Waals surface area contributed by atoms with Gasteiger partial charge in [-0.25, -0.2) is 4.98 Å². The van der Waals surface area contributed by atoms with Gasteiger partial charge in [-0.15, -0.1) is 0 Å². The van der Waals surface area contributed by atoms with Crippen molar-refractivity contribution in [3.05, 3.63) is 90.1 Å². The predicted molar refractivity (Wildman–Crippen MR) is 157 cm³/mol. The topological polar surface area (TPSA) is 91.0 Å². The second-order valence-corrected chi connectivity index (χ2v) is 11.1. The number of carbonyl (C=O) groups is 1. The second-order valence-electron chi connectivity index (χ2n) is 10.1. The molecule has 11 heteroatoms. The maximum Gasteiger partial charge on any atom is 0.416 e. The number of carbonyl (C=O) groups excluding carboxylic acids is 1. The number of hydrogen-bond donors (Lipinski definition) is 4. The van der Waals surface area contributed by atoms with Crippen molar-refractivity contribution < 1.29 is 18.0 Å². The van der Waals surface area contributed by atoms with Crippen molar-refractivity contribution in [2.45, 2.75) is 36.8 Å². The molecule has 1 aromatic heterocycles. The van der Waals surface area contributed by atoms with E-state index in [1.54, 1.807) is 44.1 Å². The van der Waals surface area contributed by atoms with Gasteiger partial charge in [0.2, 0.25) is 11.9 Å². The zero-order valence-corrected chi connectivity index (χ0v) is 23.3. The molecule has 0 saturated carbocycles. The summed E-state index contributed by atoms with van der Waals surface area (Å²) in [7, 11) is 0. The molecule has 212 valence electrons. The normalized spacial score (nSPS) is 14.0. The molecule has 0 radical (unpaired) electrons. The average molecular weight is 579 g/mol. The van der Waals surface area contributed by atoms with Gasteiger partial charge in [-0.2, -0.15) is 18.2 Å². The fraction of sp³-hybridized carbons (Fsp3) is 0.233. The first-order chi connectivity index (χ1) is 19.6. The Morgan fingerprint density at radius 3 is 2.41 bits per heavy atom. The molecule has 7 nitrogen and oxygen atoms in total. The van der Waals surface area contributed by atoms with Crippen LogP contribution in [0.15, 0.2) is 83.9 Å². The van der Waals surface area contributed by atoms with Crippen molar-refractivity contribution in [3.8, 4) is 11.1 Å². The molecule has 0 aliphatic carbocycles. The summed E-state index contributed by atoms with van der Waals surface area (Å²) >= 11 is 1.58. The summed E-state index contributed by atoms with van der Waals surface area (Å²) in [4.78, 5) is 23.4. The van der Waals surface area contributed by atoms with E-state index < -0.39 is 17.2 Å². The first kappa shape index (κ1) is 28.4. The third-order valence-corrected chi connectivity index (χ3v) is 7.61. The largest absolute Gasteiger partial charge is 0.416 e. The van der Waals surface area contributed by atoms with E-state index in [1.165, 1.54) is 12.1 Å². The monoisotopic (exact) mass is 578 g/mol. The SMILES string of the molecule is CC(C)(C(=O)Nc1ccc(-c2cnc3nc2NCCCNSc2cccc(c2)N3)cc1)c1ccc(C(F)(F)F)cc1. The molecule has 2 heterocycles. The van der Waals surface area contributed by atoms with Crippen molar-refractivity contribution in [1.82, 2.24) is 14.7 Å². The Bertz CT molecular complexity index is 1520. The fourth-order valence-corrected chi connectivity index (χ4v) is 5.03. The molecular formula is C30H29F3N6OS. The van der Waals surface area contributed by atoms with Crippen LogP contribution < -0.4 is 20.7 Å². The van der Waals surface area contributed by atoms with Gasteiger partial charge < -0.3 is 16.0 Å². The van der Waals surface area contributed by atoms with Crippen molar-refractivity contribution in [1.29, 1.82) is 0 Å². The Balaban J connectivity index is 1.33. The van der Waals surface area contributed by atoms with Crippen LogP contribution in [0.1, 0.15) is 31.4 Å². The molecule has 1 aliphatic heterocycles. The summed E-state index contributed by atoms with van der Waals surface area (Å²) in [5.41, 5.74) is 1.80. The molecule has 5 rings (SSSR count). The third-order valence-electron chi connectivity index (χ3n) is 6.77. The number of hydrogen-bond acceptors (Lipinski definition) is 7. The van der Waals surface area contributed by atoms with E-state index >= 15 is 0 Å². The highest BCUT2D eigenvalue weighted by Crippen LogP contribution is 2.33. The summed E-state index contributed by atoms with van der Waals surface area (Å²) in [6.45, 7) is 4.88. The molecule has 4 bridgehead atoms. The second kappa shape index (κ2) is 11.8. The standard InChI is InChI=1S/C30H29F3N6OS/c1-29(2,20-9-11-21(12-10-20)30(31,32)33)27(40)37-22-13-7-19(8-14-22)25-18-35-28-38-23-5-3-6-24(17-23)41-36-16-4-15-34-26(25)39-28/h3,5-14,17-18,36H,4,15-16H2,1-2H3,(H,37,40)(H2,34,35,38,39). The van der Waals surface area contributed by atoms with Gasteiger partial charge in [0.1, 0.15) is 5.82 Å². The number of rotatable bonds is 4. The Morgan fingerprint density at radius 1 is 0.951 bits per heavy atom. The molecule has 0 unspecified atom stereocenters. The van der Waals surface area contributed by atoms with E-state index in [-0.39, 0.29) is 5.91 Å². The summed E-state index contributed by atoms with van der Waals surface area (Å²) < 4.78 is 42.2. The maximum absolute atomic E-state index is 13.1. The molecule has 0 spiro atoms. The third kappa shape index (κ3) is 6.80. The van der Waals surface area contributed by atoms with E-state index in [2.05, 4.69) is 25.7 Å². The maximum atomic E-state index is 13.1. The van der Waals surface area contributed by atoms with Crippen molar-refractivity contribution in [3.63, 3.8) is 0 Å². The Morgan fingerprint density at radius 2 is 1.68 bits per heavy atom. The van der Waals surface area contributed by atoms with Gasteiger partial charge in [0.25, 0.3) is 0 Å². The molecule has 1 amide bonds. The zero-order valence-electron chi connectivity index (χ0n) is 22.5. The number of nitrogens with one attached hydrogen (secondary N) is 4. The molecule has 4 aromatic rings. The van der Waals surface area contributed by atoms with Crippen LogP contribution in [-0.4, -0.2) is 29.0 Å². The van der Waals surface area contributed by atoms with Gasteiger partial charge >= 0.3 is 6.18 Å². The van der Waals surface area contributed by atoms with Gasteiger partial charge in [-0.05, 0) is 85.8 Å². The number of nitrogens with zero attached hydrogens (tertiary/aromatic N) is 2. The molecule has 0 fully saturated rings. The Kier molecular flexibility index (Phi) is 8.18. The van der Waals surface area contributed by atoms with E-state index in [1.807, 2.05) is 36.4 Å². The minimum atomic E-state index is -4.43. The first-order valence-corrected chi connectivity index (χ1v) is 13.9. The van der Waals surface area contributed by atoms with Crippen LogP contribution in [0.3, 0.4) is 0 Å². The van der Waals surface area contributed by atoms with Crippen LogP contribution in [0.25, 0.3) is 11.1 Å². The number of anilines is 4. The number of amides is 1. The van der Waals surface area contributed by atoms with E-state index in [0.717, 1.165) is 46.8 Å². The Hall–Kier alpha value is -4.09. The summed E-state index contributed by atoms with van der Waals surface area (Å²) in [6.07, 6.45) is -1.78. The number of alkyl halides is 3. The van der Waals surface area contributed by atoms with Crippen LogP contribution in [0.4, 0.5) is 36.3 Å². The van der Waals surface area contributed by atoms with Gasteiger partial charge in [0, 0.05) is 41.1 Å². The molecule has 0 saturated heterocycles. The lowest BCUT2D eigenvalue weighted by atomic mass is 9.83. The van der Waals surface area contributed by atoms with E-state index in [0.29, 0.717) is 29.6 Å². The van der Waals surface area contributed by atoms with Crippen molar-refractivity contribution in [2.75, 3.05) is 29.0 Å². The van der Waals surface area contributed by atoms with E-state index in [4.69, 9.17) is 4.98 Å². The highest BCUT2D eigenvalue weighted by Gasteiger charge is 2.33. The quantitative estimate of drug-likeness (QED) is 0.190. The molecular weight excluding hydrogens is 549 g/mol. The van der Waals surface area contributed by atoms with Crippen LogP contribution in [-0.2, 0) is 16.4 Å². The van der Waals surface area contributed by atoms with Crippen LogP contribution in [0.5, 0.6) is 0 Å². The van der Waals surface area contributed by atoms with Crippen LogP contribution in [0, 0.1) is 0 Å². The molecule has 3 aromatic carbocycles. The van der Waals surface area contributed by atoms with Gasteiger partial charge in [-0.1, -0.05) is 30.3 Å². The van der Waals surface area contributed by atoms with Crippen LogP contribution in [0.2, 0.25) is 0 Å². The molecule has 4 N–H and O–H groups in total. The summed E-state index contributed by atoms with van der Waals surface area (Å²) in [5, 5.41) is 9.56. The fourth-order valence-electron chi connectivity index (χ4n) is 4.28. The highest BCUT2D eigenvalue weighted by molar-refractivity contribution is 7.97. The smallest absolute Gasteiger partial charge is 0.369 e. The lowest BCUT2D eigenvalue weighted by molar-refractivity contribution is -0.137. The summed E-state index contributed by atoms with van der Waals surface area (Å²) in [6, 6.07) is 20.0. The Labute approximate surface area is 240 Å². The minimum Gasteiger partial charge on any atom is -0.369 e. The van der Waals surface area contributed by atoms with Gasteiger partial charge in [0.05, 0.1) is 11.0 Å². The van der Waals surface area contributed by atoms with Gasteiger partial charge in [-0.3, -0.25) is 9.52 Å². The number of fused-ring (bicyclic) bond motifs is 4. The summed E-state index contributed by atoms with van der Waals surface area (Å²) in [5.74, 6) is 0.824. The lowest BCUT2D eigenvalue weighted by Crippen LogP contribution is -2.34. The zero-order chi connectivity index (χ0) is 29.0. The molecule has 1 aliphatic rings. The minimum absolute atomic E-state index is 0.334. The van der Waals surface area contributed by atoms with Gasteiger partial charge in [0.15, 0.2) is 0 Å². The van der Waals surface area contributed by atoms with Crippen LogP contribution >= 0.6 is 11.9 Å².